The van der Waals surface area contributed by atoms with Gasteiger partial charge in [0.2, 0.25) is 6.79 Å². The Hall–Kier alpha value is -3.84. The maximum atomic E-state index is 5.87. The van der Waals surface area contributed by atoms with Crippen LogP contribution in [0.2, 0.25) is 0 Å². The molecule has 0 bridgehead atoms. The van der Waals surface area contributed by atoms with Gasteiger partial charge in [-0.25, -0.2) is 0 Å². The molecule has 1 fully saturated rings. The molecule has 1 N–H and O–H groups in total. The van der Waals surface area contributed by atoms with Gasteiger partial charge in [0.15, 0.2) is 16.6 Å². The molecular weight excluding hydrogens is 456 g/mol. The fourth-order valence-corrected chi connectivity index (χ4v) is 5.51. The van der Waals surface area contributed by atoms with Crippen LogP contribution in [0.15, 0.2) is 79.0 Å². The van der Waals surface area contributed by atoms with Crippen LogP contribution in [0.4, 0.5) is 0 Å². The van der Waals surface area contributed by atoms with Crippen molar-refractivity contribution in [1.29, 1.82) is 0 Å². The second kappa shape index (κ2) is 8.74. The molecule has 1 saturated heterocycles. The van der Waals surface area contributed by atoms with E-state index in [1.807, 2.05) is 36.5 Å². The Morgan fingerprint density at radius 3 is 2.57 bits per heavy atom. The summed E-state index contributed by atoms with van der Waals surface area (Å²) in [6.07, 6.45) is 1.84. The van der Waals surface area contributed by atoms with E-state index >= 15 is 0 Å². The number of hydrogen-bond donors (Lipinski definition) is 1. The zero-order valence-corrected chi connectivity index (χ0v) is 20.5. The lowest BCUT2D eigenvalue weighted by Gasteiger charge is -2.28. The number of aryl methyl sites for hydroxylation is 1. The quantitative estimate of drug-likeness (QED) is 0.385. The average Bonchev–Trinajstić information content (AvgIpc) is 3.56. The number of ether oxygens (including phenoxy) is 2. The van der Waals surface area contributed by atoms with E-state index in [9.17, 15) is 0 Å². The Kier molecular flexibility index (Phi) is 5.41. The first-order chi connectivity index (χ1) is 17.1. The molecule has 2 aliphatic rings. The molecule has 6 rings (SSSR count). The highest BCUT2D eigenvalue weighted by molar-refractivity contribution is 7.80. The lowest BCUT2D eigenvalue weighted by molar-refractivity contribution is 0.174. The molecule has 4 heterocycles. The maximum absolute atomic E-state index is 5.87. The molecule has 176 valence electrons. The Bertz CT molecular complexity index is 1390. The summed E-state index contributed by atoms with van der Waals surface area (Å²) < 4.78 is 13.4. The van der Waals surface area contributed by atoms with Gasteiger partial charge in [0.05, 0.1) is 17.8 Å². The molecule has 0 spiro atoms. The van der Waals surface area contributed by atoms with Crippen molar-refractivity contribution in [3.05, 3.63) is 107 Å². The number of aromatic nitrogens is 2. The monoisotopic (exact) mass is 482 g/mol. The first-order valence-electron chi connectivity index (χ1n) is 11.7. The molecule has 0 aliphatic carbocycles. The van der Waals surface area contributed by atoms with Crippen LogP contribution >= 0.6 is 12.2 Å². The van der Waals surface area contributed by atoms with Crippen molar-refractivity contribution in [2.75, 3.05) is 6.79 Å². The second-order valence-electron chi connectivity index (χ2n) is 8.94. The van der Waals surface area contributed by atoms with E-state index in [4.69, 9.17) is 21.7 Å². The molecule has 2 aromatic heterocycles. The van der Waals surface area contributed by atoms with E-state index in [0.29, 0.717) is 6.54 Å². The summed E-state index contributed by atoms with van der Waals surface area (Å²) in [6.45, 7) is 5.29. The molecule has 2 unspecified atom stereocenters. The van der Waals surface area contributed by atoms with Crippen LogP contribution in [0.5, 0.6) is 11.5 Å². The smallest absolute Gasteiger partial charge is 0.231 e. The van der Waals surface area contributed by atoms with Gasteiger partial charge in [-0.05, 0) is 67.5 Å². The molecule has 0 radical (unpaired) electrons. The van der Waals surface area contributed by atoms with Gasteiger partial charge in [-0.15, -0.1) is 0 Å². The molecule has 2 aromatic carbocycles. The Labute approximate surface area is 210 Å². The topological polar surface area (TPSA) is 51.6 Å². The average molecular weight is 483 g/mol. The zero-order valence-electron chi connectivity index (χ0n) is 19.6. The SMILES string of the molecule is Cc1cc(C2C(c3ccccn3)NC(=S)N2Cc2ccccc2)c(C)n1-c1ccc2c(c1)OCO2. The summed E-state index contributed by atoms with van der Waals surface area (Å²) in [7, 11) is 0. The summed E-state index contributed by atoms with van der Waals surface area (Å²) in [5.41, 5.74) is 6.77. The molecule has 4 aromatic rings. The number of thiocarbonyl (C=S) groups is 1. The summed E-state index contributed by atoms with van der Waals surface area (Å²) in [5, 5.41) is 4.31. The van der Waals surface area contributed by atoms with Crippen molar-refractivity contribution in [1.82, 2.24) is 19.8 Å². The van der Waals surface area contributed by atoms with Crippen molar-refractivity contribution >= 4 is 17.3 Å². The van der Waals surface area contributed by atoms with Crippen LogP contribution < -0.4 is 14.8 Å². The van der Waals surface area contributed by atoms with Crippen LogP contribution in [0.25, 0.3) is 5.69 Å². The number of pyridine rings is 1. The maximum Gasteiger partial charge on any atom is 0.231 e. The van der Waals surface area contributed by atoms with Crippen LogP contribution in [-0.4, -0.2) is 26.4 Å². The molecule has 0 amide bonds. The lowest BCUT2D eigenvalue weighted by Crippen LogP contribution is -2.29. The van der Waals surface area contributed by atoms with Gasteiger partial charge in [0.1, 0.15) is 0 Å². The van der Waals surface area contributed by atoms with E-state index in [0.717, 1.165) is 39.4 Å². The van der Waals surface area contributed by atoms with Crippen LogP contribution in [0.1, 0.15) is 40.3 Å². The number of nitrogens with zero attached hydrogens (tertiary/aromatic N) is 3. The van der Waals surface area contributed by atoms with Gasteiger partial charge in [0.25, 0.3) is 0 Å². The fourth-order valence-electron chi connectivity index (χ4n) is 5.20. The summed E-state index contributed by atoms with van der Waals surface area (Å²) >= 11 is 5.87. The van der Waals surface area contributed by atoms with Gasteiger partial charge >= 0.3 is 0 Å². The number of hydrogen-bond acceptors (Lipinski definition) is 4. The normalized spacial score (nSPS) is 18.7. The van der Waals surface area contributed by atoms with Crippen molar-refractivity contribution in [3.63, 3.8) is 0 Å². The zero-order chi connectivity index (χ0) is 23.9. The summed E-state index contributed by atoms with van der Waals surface area (Å²) in [4.78, 5) is 6.97. The molecule has 35 heavy (non-hydrogen) atoms. The minimum Gasteiger partial charge on any atom is -0.454 e. The largest absolute Gasteiger partial charge is 0.454 e. The van der Waals surface area contributed by atoms with Crippen LogP contribution in [0.3, 0.4) is 0 Å². The second-order valence-corrected chi connectivity index (χ2v) is 9.33. The minimum atomic E-state index is -0.0573. The highest BCUT2D eigenvalue weighted by atomic mass is 32.1. The first kappa shape index (κ1) is 21.7. The standard InChI is InChI=1S/C28H26N4O2S/c1-18-14-22(19(2)32(18)21-11-12-24-25(15-21)34-17-33-24)27-26(23-10-6-7-13-29-23)30-28(35)31(27)16-20-8-4-3-5-9-20/h3-15,26-27H,16-17H2,1-2H3,(H,30,35). The van der Waals surface area contributed by atoms with Gasteiger partial charge in [0, 0.05) is 35.9 Å². The summed E-state index contributed by atoms with van der Waals surface area (Å²) in [5.74, 6) is 1.56. The number of benzene rings is 2. The van der Waals surface area contributed by atoms with Gasteiger partial charge in [-0.3, -0.25) is 4.98 Å². The van der Waals surface area contributed by atoms with E-state index in [1.54, 1.807) is 0 Å². The van der Waals surface area contributed by atoms with Gasteiger partial charge < -0.3 is 24.3 Å². The Morgan fingerprint density at radius 1 is 0.971 bits per heavy atom. The van der Waals surface area contributed by atoms with Crippen molar-refractivity contribution in [3.8, 4) is 17.2 Å². The van der Waals surface area contributed by atoms with Crippen molar-refractivity contribution in [2.24, 2.45) is 0 Å². The molecule has 0 saturated carbocycles. The van der Waals surface area contributed by atoms with Crippen molar-refractivity contribution < 1.29 is 9.47 Å². The molecular formula is C28H26N4O2S. The summed E-state index contributed by atoms with van der Waals surface area (Å²) in [6, 6.07) is 24.8. The van der Waals surface area contributed by atoms with E-state index in [2.05, 4.69) is 76.1 Å². The highest BCUT2D eigenvalue weighted by Crippen LogP contribution is 2.43. The van der Waals surface area contributed by atoms with E-state index in [1.165, 1.54) is 11.1 Å². The fraction of sp³-hybridized carbons (Fsp3) is 0.214. The third-order valence-electron chi connectivity index (χ3n) is 6.80. The minimum absolute atomic E-state index is 0.00781. The van der Waals surface area contributed by atoms with Crippen molar-refractivity contribution in [2.45, 2.75) is 32.5 Å². The van der Waals surface area contributed by atoms with Gasteiger partial charge in [-0.2, -0.15) is 0 Å². The van der Waals surface area contributed by atoms with E-state index in [-0.39, 0.29) is 18.9 Å². The predicted molar refractivity (Wildman–Crippen MR) is 139 cm³/mol. The predicted octanol–water partition coefficient (Wildman–Crippen LogP) is 5.39. The first-order valence-corrected chi connectivity index (χ1v) is 12.1. The van der Waals surface area contributed by atoms with Crippen LogP contribution in [0, 0.1) is 13.8 Å². The van der Waals surface area contributed by atoms with Gasteiger partial charge in [-0.1, -0.05) is 36.4 Å². The van der Waals surface area contributed by atoms with Crippen LogP contribution in [-0.2, 0) is 6.54 Å². The molecule has 2 aliphatic heterocycles. The molecule has 6 nitrogen and oxygen atoms in total. The number of rotatable bonds is 5. The molecule has 2 atom stereocenters. The molecule has 7 heteroatoms. The third-order valence-corrected chi connectivity index (χ3v) is 7.15. The third kappa shape index (κ3) is 3.82. The Balaban J connectivity index is 1.45. The lowest BCUT2D eigenvalue weighted by atomic mass is 9.96. The Morgan fingerprint density at radius 2 is 1.77 bits per heavy atom. The highest BCUT2D eigenvalue weighted by Gasteiger charge is 2.41. The number of nitrogens with one attached hydrogen (secondary N) is 1. The van der Waals surface area contributed by atoms with E-state index < -0.39 is 0 Å². The number of fused-ring (bicyclic) bond motifs is 1.